The number of aromatic amines is 1. The summed E-state index contributed by atoms with van der Waals surface area (Å²) in [6.45, 7) is 9.94. The third-order valence-electron chi connectivity index (χ3n) is 3.86. The van der Waals surface area contributed by atoms with Crippen molar-refractivity contribution >= 4 is 11.7 Å². The molecule has 2 aromatic rings. The first-order chi connectivity index (χ1) is 9.81. The number of H-pyrrole nitrogens is 1. The molecule has 2 aromatic heterocycles. The number of carbonyl (C=O) groups excluding carboxylic acids is 1. The maximum absolute atomic E-state index is 12.4. The van der Waals surface area contributed by atoms with E-state index in [1.54, 1.807) is 4.68 Å². The van der Waals surface area contributed by atoms with Crippen LogP contribution >= 0.6 is 0 Å². The van der Waals surface area contributed by atoms with Crippen LogP contribution in [0.5, 0.6) is 0 Å². The normalized spacial score (nSPS) is 12.7. The molecule has 0 fully saturated rings. The van der Waals surface area contributed by atoms with Crippen molar-refractivity contribution in [1.82, 2.24) is 20.0 Å². The summed E-state index contributed by atoms with van der Waals surface area (Å²) in [4.78, 5) is 12.4. The van der Waals surface area contributed by atoms with Crippen molar-refractivity contribution in [2.45, 2.75) is 46.5 Å². The molecule has 1 atom stereocenters. The van der Waals surface area contributed by atoms with Gasteiger partial charge in [-0.25, -0.2) is 0 Å². The zero-order valence-corrected chi connectivity index (χ0v) is 13.5. The van der Waals surface area contributed by atoms with Crippen LogP contribution in [0.25, 0.3) is 0 Å². The molecule has 0 saturated heterocycles. The lowest BCUT2D eigenvalue weighted by Crippen LogP contribution is -2.20. The molecule has 0 aromatic carbocycles. The quantitative estimate of drug-likeness (QED) is 0.908. The number of nitrogens with zero attached hydrogens (tertiary/aromatic N) is 3. The number of hydrogen-bond donors (Lipinski definition) is 2. The van der Waals surface area contributed by atoms with Gasteiger partial charge in [-0.1, -0.05) is 13.8 Å². The highest BCUT2D eigenvalue weighted by Crippen LogP contribution is 2.24. The summed E-state index contributed by atoms with van der Waals surface area (Å²) < 4.78 is 1.81. The van der Waals surface area contributed by atoms with Crippen molar-refractivity contribution in [2.24, 2.45) is 7.05 Å². The van der Waals surface area contributed by atoms with Crippen LogP contribution in [-0.4, -0.2) is 25.9 Å². The number of nitrogens with one attached hydrogen (secondary N) is 2. The first-order valence-electron chi connectivity index (χ1n) is 7.17. The minimum absolute atomic E-state index is 0.0731. The Labute approximate surface area is 124 Å². The predicted molar refractivity (Wildman–Crippen MR) is 82.4 cm³/mol. The Morgan fingerprint density at radius 2 is 2.00 bits per heavy atom. The summed E-state index contributed by atoms with van der Waals surface area (Å²) in [7, 11) is 1.89. The first kappa shape index (κ1) is 15.3. The number of carbonyl (C=O) groups is 1. The van der Waals surface area contributed by atoms with Crippen LogP contribution in [0.15, 0.2) is 6.07 Å². The Kier molecular flexibility index (Phi) is 4.16. The van der Waals surface area contributed by atoms with Crippen LogP contribution < -0.4 is 5.32 Å². The van der Waals surface area contributed by atoms with E-state index in [2.05, 4.69) is 34.5 Å². The summed E-state index contributed by atoms with van der Waals surface area (Å²) in [5.74, 6) is 0.576. The van der Waals surface area contributed by atoms with E-state index in [0.717, 1.165) is 22.6 Å². The summed E-state index contributed by atoms with van der Waals surface area (Å²) >= 11 is 0. The molecule has 2 rings (SSSR count). The SMILES string of the molecule is Cc1nn(C)c(C)c1[C@@H](C)C(=O)Nc1cc(C(C)C)[nH]n1. The molecule has 6 nitrogen and oxygen atoms in total. The topological polar surface area (TPSA) is 75.6 Å². The largest absolute Gasteiger partial charge is 0.309 e. The Bertz CT molecular complexity index is 653. The van der Waals surface area contributed by atoms with E-state index in [1.165, 1.54) is 0 Å². The van der Waals surface area contributed by atoms with Gasteiger partial charge in [-0.05, 0) is 26.7 Å². The van der Waals surface area contributed by atoms with Gasteiger partial charge < -0.3 is 5.32 Å². The van der Waals surface area contributed by atoms with Crippen molar-refractivity contribution in [1.29, 1.82) is 0 Å². The second-order valence-corrected chi connectivity index (χ2v) is 5.78. The molecule has 2 heterocycles. The Hall–Kier alpha value is -2.11. The average Bonchev–Trinajstić information content (AvgIpc) is 2.95. The van der Waals surface area contributed by atoms with Gasteiger partial charge in [0.1, 0.15) is 0 Å². The van der Waals surface area contributed by atoms with Gasteiger partial charge in [0.05, 0.1) is 11.6 Å². The fourth-order valence-electron chi connectivity index (χ4n) is 2.48. The lowest BCUT2D eigenvalue weighted by Gasteiger charge is -2.11. The van der Waals surface area contributed by atoms with Crippen molar-refractivity contribution in [3.8, 4) is 0 Å². The van der Waals surface area contributed by atoms with Gasteiger partial charge in [0.15, 0.2) is 5.82 Å². The molecule has 21 heavy (non-hydrogen) atoms. The van der Waals surface area contributed by atoms with E-state index in [0.29, 0.717) is 11.7 Å². The van der Waals surface area contributed by atoms with Crippen LogP contribution in [-0.2, 0) is 11.8 Å². The van der Waals surface area contributed by atoms with Gasteiger partial charge in [0.2, 0.25) is 5.91 Å². The Morgan fingerprint density at radius 3 is 2.48 bits per heavy atom. The molecule has 0 bridgehead atoms. The molecule has 0 saturated carbocycles. The second-order valence-electron chi connectivity index (χ2n) is 5.78. The summed E-state index contributed by atoms with van der Waals surface area (Å²) in [5.41, 5.74) is 3.89. The van der Waals surface area contributed by atoms with Crippen molar-refractivity contribution < 1.29 is 4.79 Å². The van der Waals surface area contributed by atoms with Gasteiger partial charge in [-0.3, -0.25) is 14.6 Å². The summed E-state index contributed by atoms with van der Waals surface area (Å²) in [5, 5.41) is 14.3. The van der Waals surface area contributed by atoms with Crippen LogP contribution in [0.2, 0.25) is 0 Å². The highest BCUT2D eigenvalue weighted by molar-refractivity contribution is 5.95. The van der Waals surface area contributed by atoms with Crippen LogP contribution in [0, 0.1) is 13.8 Å². The molecule has 2 N–H and O–H groups in total. The predicted octanol–water partition coefficient (Wildman–Crippen LogP) is 2.63. The molecule has 6 heteroatoms. The number of aromatic nitrogens is 4. The maximum atomic E-state index is 12.4. The number of aryl methyl sites for hydroxylation is 2. The third-order valence-corrected chi connectivity index (χ3v) is 3.86. The smallest absolute Gasteiger partial charge is 0.232 e. The van der Waals surface area contributed by atoms with Crippen molar-refractivity contribution in [3.63, 3.8) is 0 Å². The monoisotopic (exact) mass is 289 g/mol. The second kappa shape index (κ2) is 5.71. The Balaban J connectivity index is 2.15. The molecule has 0 radical (unpaired) electrons. The summed E-state index contributed by atoms with van der Waals surface area (Å²) in [6.07, 6.45) is 0. The zero-order chi connectivity index (χ0) is 15.7. The fraction of sp³-hybridized carbons (Fsp3) is 0.533. The lowest BCUT2D eigenvalue weighted by atomic mass is 9.98. The fourth-order valence-corrected chi connectivity index (χ4v) is 2.48. The molecule has 0 aliphatic carbocycles. The Morgan fingerprint density at radius 1 is 1.33 bits per heavy atom. The van der Waals surface area contributed by atoms with Crippen LogP contribution in [0.3, 0.4) is 0 Å². The maximum Gasteiger partial charge on any atom is 0.232 e. The van der Waals surface area contributed by atoms with Gasteiger partial charge in [0.25, 0.3) is 0 Å². The number of rotatable bonds is 4. The molecule has 0 spiro atoms. The van der Waals surface area contributed by atoms with Crippen LogP contribution in [0.4, 0.5) is 5.82 Å². The molecular weight excluding hydrogens is 266 g/mol. The standard InChI is InChI=1S/C15H23N5O/c1-8(2)12-7-13(18-17-12)16-15(21)9(3)14-10(4)19-20(6)11(14)5/h7-9H,1-6H3,(H2,16,17,18,21)/t9-/m1/s1. The van der Waals surface area contributed by atoms with E-state index >= 15 is 0 Å². The molecule has 0 aliphatic heterocycles. The van der Waals surface area contributed by atoms with Crippen LogP contribution in [0.1, 0.15) is 55.3 Å². The van der Waals surface area contributed by atoms with Gasteiger partial charge in [0, 0.05) is 30.1 Å². The number of hydrogen-bond acceptors (Lipinski definition) is 3. The van der Waals surface area contributed by atoms with E-state index in [9.17, 15) is 4.79 Å². The summed E-state index contributed by atoms with van der Waals surface area (Å²) in [6, 6.07) is 1.87. The molecule has 0 aliphatic rings. The average molecular weight is 289 g/mol. The minimum atomic E-state index is -0.266. The molecule has 114 valence electrons. The van der Waals surface area contributed by atoms with Gasteiger partial charge >= 0.3 is 0 Å². The minimum Gasteiger partial charge on any atom is -0.309 e. The van der Waals surface area contributed by atoms with Gasteiger partial charge in [-0.15, -0.1) is 0 Å². The van der Waals surface area contributed by atoms with Gasteiger partial charge in [-0.2, -0.15) is 10.2 Å². The van der Waals surface area contributed by atoms with E-state index in [4.69, 9.17) is 0 Å². The van der Waals surface area contributed by atoms with E-state index in [1.807, 2.05) is 33.9 Å². The van der Waals surface area contributed by atoms with E-state index in [-0.39, 0.29) is 11.8 Å². The number of amides is 1. The van der Waals surface area contributed by atoms with Crippen molar-refractivity contribution in [3.05, 3.63) is 28.7 Å². The van der Waals surface area contributed by atoms with E-state index < -0.39 is 0 Å². The highest BCUT2D eigenvalue weighted by atomic mass is 16.1. The molecule has 0 unspecified atom stereocenters. The number of anilines is 1. The first-order valence-corrected chi connectivity index (χ1v) is 7.17. The zero-order valence-electron chi connectivity index (χ0n) is 13.5. The molecule has 1 amide bonds. The molecular formula is C15H23N5O. The lowest BCUT2D eigenvalue weighted by molar-refractivity contribution is -0.117. The third kappa shape index (κ3) is 2.99. The van der Waals surface area contributed by atoms with Crippen molar-refractivity contribution in [2.75, 3.05) is 5.32 Å². The highest BCUT2D eigenvalue weighted by Gasteiger charge is 2.23.